The van der Waals surface area contributed by atoms with E-state index in [1.54, 1.807) is 12.1 Å². The molecule has 0 radical (unpaired) electrons. The van der Waals surface area contributed by atoms with E-state index < -0.39 is 6.03 Å². The van der Waals surface area contributed by atoms with E-state index in [4.69, 9.17) is 11.5 Å². The number of carbonyl (C=O) groups excluding carboxylic acids is 2. The average molecular weight is 237 g/mol. The maximum absolute atomic E-state index is 11.6. The minimum atomic E-state index is -0.617. The number of rotatable bonds is 5. The van der Waals surface area contributed by atoms with Crippen LogP contribution in [0, 0.1) is 0 Å². The molecule has 0 aliphatic carbocycles. The third-order valence-electron chi connectivity index (χ3n) is 2.00. The molecule has 1 aromatic rings. The zero-order chi connectivity index (χ0) is 12.7. The molecule has 0 aromatic carbocycles. The summed E-state index contributed by atoms with van der Waals surface area (Å²) in [4.78, 5) is 26.0. The van der Waals surface area contributed by atoms with Gasteiger partial charge in [0.25, 0.3) is 5.91 Å². The van der Waals surface area contributed by atoms with E-state index in [1.807, 2.05) is 0 Å². The van der Waals surface area contributed by atoms with Gasteiger partial charge in [-0.1, -0.05) is 0 Å². The van der Waals surface area contributed by atoms with Gasteiger partial charge in [-0.3, -0.25) is 9.78 Å². The molecule has 1 aromatic heterocycles. The molecule has 7 nitrogen and oxygen atoms in total. The van der Waals surface area contributed by atoms with Gasteiger partial charge in [0.05, 0.1) is 5.69 Å². The Hall–Kier alpha value is -2.15. The lowest BCUT2D eigenvalue weighted by Crippen LogP contribution is -2.37. The van der Waals surface area contributed by atoms with Crippen LogP contribution in [0.15, 0.2) is 18.3 Å². The van der Waals surface area contributed by atoms with E-state index >= 15 is 0 Å². The summed E-state index contributed by atoms with van der Waals surface area (Å²) in [6.45, 7) is 0.877. The lowest BCUT2D eigenvalue weighted by molar-refractivity contribution is 0.0953. The highest BCUT2D eigenvalue weighted by atomic mass is 16.2. The van der Waals surface area contributed by atoms with Gasteiger partial charge in [0.15, 0.2) is 0 Å². The summed E-state index contributed by atoms with van der Waals surface area (Å²) in [5.41, 5.74) is 11.4. The lowest BCUT2D eigenvalue weighted by atomic mass is 10.2. The van der Waals surface area contributed by atoms with Crippen LogP contribution in [0.3, 0.4) is 0 Å². The number of carbonyl (C=O) groups is 2. The molecule has 0 saturated heterocycles. The van der Waals surface area contributed by atoms with Crippen LogP contribution in [-0.4, -0.2) is 30.0 Å². The number of hydrogen-bond acceptors (Lipinski definition) is 4. The van der Waals surface area contributed by atoms with Crippen LogP contribution in [0.4, 0.5) is 4.79 Å². The van der Waals surface area contributed by atoms with Crippen LogP contribution in [0.2, 0.25) is 0 Å². The second-order valence-electron chi connectivity index (χ2n) is 3.29. The molecule has 1 rings (SSSR count). The van der Waals surface area contributed by atoms with E-state index in [-0.39, 0.29) is 19.0 Å². The molecule has 7 heteroatoms. The van der Waals surface area contributed by atoms with Crippen LogP contribution >= 0.6 is 0 Å². The molecule has 0 spiro atoms. The third kappa shape index (κ3) is 4.47. The topological polar surface area (TPSA) is 123 Å². The number of aromatic nitrogens is 1. The predicted octanol–water partition coefficient (Wildman–Crippen LogP) is -1.06. The van der Waals surface area contributed by atoms with Gasteiger partial charge in [0, 0.05) is 31.4 Å². The zero-order valence-corrected chi connectivity index (χ0v) is 9.27. The lowest BCUT2D eigenvalue weighted by Gasteiger charge is -2.06. The molecular weight excluding hydrogens is 222 g/mol. The smallest absolute Gasteiger partial charge is 0.312 e. The van der Waals surface area contributed by atoms with Crippen LogP contribution in [0.1, 0.15) is 16.1 Å². The van der Waals surface area contributed by atoms with Gasteiger partial charge in [-0.05, 0) is 12.1 Å². The number of pyridine rings is 1. The van der Waals surface area contributed by atoms with Crippen molar-refractivity contribution in [3.05, 3.63) is 29.6 Å². The standard InChI is InChI=1S/C10H15N5O2/c11-6-8-5-7(1-2-13-8)9(16)14-3-4-15-10(12)17/h1-2,5H,3-4,6,11H2,(H,14,16)(H3,12,15,17). The van der Waals surface area contributed by atoms with Crippen LogP contribution in [-0.2, 0) is 6.54 Å². The monoisotopic (exact) mass is 237 g/mol. The molecule has 17 heavy (non-hydrogen) atoms. The van der Waals surface area contributed by atoms with Crippen molar-refractivity contribution in [1.29, 1.82) is 0 Å². The first-order valence-corrected chi connectivity index (χ1v) is 5.10. The summed E-state index contributed by atoms with van der Waals surface area (Å²) in [7, 11) is 0. The first-order chi connectivity index (χ1) is 8.13. The van der Waals surface area contributed by atoms with E-state index in [0.717, 1.165) is 0 Å². The minimum absolute atomic E-state index is 0.242. The Bertz CT molecular complexity index is 407. The fraction of sp³-hybridized carbons (Fsp3) is 0.300. The quantitative estimate of drug-likeness (QED) is 0.487. The molecule has 92 valence electrons. The highest BCUT2D eigenvalue weighted by molar-refractivity contribution is 5.94. The summed E-state index contributed by atoms with van der Waals surface area (Å²) < 4.78 is 0. The van der Waals surface area contributed by atoms with Gasteiger partial charge in [0.1, 0.15) is 0 Å². The maximum Gasteiger partial charge on any atom is 0.312 e. The van der Waals surface area contributed by atoms with Gasteiger partial charge in [-0.2, -0.15) is 0 Å². The molecule has 1 heterocycles. The predicted molar refractivity (Wildman–Crippen MR) is 62.0 cm³/mol. The molecule has 0 atom stereocenters. The molecule has 6 N–H and O–H groups in total. The second-order valence-corrected chi connectivity index (χ2v) is 3.29. The SMILES string of the molecule is NCc1cc(C(=O)NCCNC(N)=O)ccn1. The Morgan fingerprint density at radius 1 is 1.29 bits per heavy atom. The highest BCUT2D eigenvalue weighted by Gasteiger charge is 2.05. The van der Waals surface area contributed by atoms with Crippen molar-refractivity contribution in [2.24, 2.45) is 11.5 Å². The van der Waals surface area contributed by atoms with Crippen LogP contribution in [0.5, 0.6) is 0 Å². The Balaban J connectivity index is 2.43. The molecule has 0 fully saturated rings. The minimum Gasteiger partial charge on any atom is -0.352 e. The average Bonchev–Trinajstić information content (AvgIpc) is 2.34. The van der Waals surface area contributed by atoms with Crippen molar-refractivity contribution in [2.75, 3.05) is 13.1 Å². The molecular formula is C10H15N5O2. The van der Waals surface area contributed by atoms with E-state index in [1.165, 1.54) is 6.20 Å². The maximum atomic E-state index is 11.6. The summed E-state index contributed by atoms with van der Waals surface area (Å²) in [6, 6.07) is 2.60. The highest BCUT2D eigenvalue weighted by Crippen LogP contribution is 2.00. The van der Waals surface area contributed by atoms with Gasteiger partial charge in [0.2, 0.25) is 0 Å². The number of amides is 3. The summed E-state index contributed by atoms with van der Waals surface area (Å²) in [5, 5.41) is 4.99. The summed E-state index contributed by atoms with van der Waals surface area (Å²) >= 11 is 0. The fourth-order valence-corrected chi connectivity index (χ4v) is 1.19. The Morgan fingerprint density at radius 3 is 2.65 bits per heavy atom. The first-order valence-electron chi connectivity index (χ1n) is 5.10. The fourth-order valence-electron chi connectivity index (χ4n) is 1.19. The third-order valence-corrected chi connectivity index (χ3v) is 2.00. The van der Waals surface area contributed by atoms with Crippen LogP contribution < -0.4 is 22.1 Å². The van der Waals surface area contributed by atoms with Gasteiger partial charge in [-0.25, -0.2) is 4.79 Å². The van der Waals surface area contributed by atoms with Crippen molar-refractivity contribution < 1.29 is 9.59 Å². The number of nitrogens with two attached hydrogens (primary N) is 2. The van der Waals surface area contributed by atoms with E-state index in [2.05, 4.69) is 15.6 Å². The molecule has 0 saturated carbocycles. The van der Waals surface area contributed by atoms with Crippen molar-refractivity contribution in [1.82, 2.24) is 15.6 Å². The molecule has 0 aliphatic heterocycles. The second kappa shape index (κ2) is 6.44. The molecule has 0 unspecified atom stereocenters. The first kappa shape index (κ1) is 12.9. The Morgan fingerprint density at radius 2 is 2.00 bits per heavy atom. The van der Waals surface area contributed by atoms with Crippen molar-refractivity contribution in [3.8, 4) is 0 Å². The number of primary amides is 1. The van der Waals surface area contributed by atoms with Crippen molar-refractivity contribution in [2.45, 2.75) is 6.54 Å². The van der Waals surface area contributed by atoms with Gasteiger partial charge >= 0.3 is 6.03 Å². The summed E-state index contributed by atoms with van der Waals surface area (Å²) in [5.74, 6) is -0.242. The Labute approximate surface area is 98.6 Å². The molecule has 0 bridgehead atoms. The van der Waals surface area contributed by atoms with Gasteiger partial charge < -0.3 is 22.1 Å². The van der Waals surface area contributed by atoms with E-state index in [9.17, 15) is 9.59 Å². The number of urea groups is 1. The Kier molecular flexibility index (Phi) is 4.89. The summed E-state index contributed by atoms with van der Waals surface area (Å²) in [6.07, 6.45) is 1.53. The molecule has 3 amide bonds. The normalized spacial score (nSPS) is 9.71. The van der Waals surface area contributed by atoms with E-state index in [0.29, 0.717) is 17.8 Å². The number of nitrogens with zero attached hydrogens (tertiary/aromatic N) is 1. The van der Waals surface area contributed by atoms with Crippen molar-refractivity contribution in [3.63, 3.8) is 0 Å². The largest absolute Gasteiger partial charge is 0.352 e. The molecule has 0 aliphatic rings. The number of hydrogen-bond donors (Lipinski definition) is 4. The van der Waals surface area contributed by atoms with Gasteiger partial charge in [-0.15, -0.1) is 0 Å². The van der Waals surface area contributed by atoms with Crippen molar-refractivity contribution >= 4 is 11.9 Å². The number of nitrogens with one attached hydrogen (secondary N) is 2. The van der Waals surface area contributed by atoms with Crippen LogP contribution in [0.25, 0.3) is 0 Å². The zero-order valence-electron chi connectivity index (χ0n) is 9.27.